The first-order valence-electron chi connectivity index (χ1n) is 6.17. The maximum atomic E-state index is 12.9. The van der Waals surface area contributed by atoms with E-state index < -0.39 is 0 Å². The highest BCUT2D eigenvalue weighted by molar-refractivity contribution is 5.87. The van der Waals surface area contributed by atoms with Crippen molar-refractivity contribution in [3.63, 3.8) is 0 Å². The lowest BCUT2D eigenvalue weighted by Crippen LogP contribution is -2.13. The Hall–Kier alpha value is -2.10. The molecule has 0 aliphatic carbocycles. The highest BCUT2D eigenvalue weighted by Gasteiger charge is 2.14. The zero-order valence-corrected chi connectivity index (χ0v) is 11.0. The summed E-state index contributed by atoms with van der Waals surface area (Å²) < 4.78 is 19.6. The predicted octanol–water partition coefficient (Wildman–Crippen LogP) is 3.02. The Morgan fingerprint density at radius 3 is 2.47 bits per heavy atom. The lowest BCUT2D eigenvalue weighted by molar-refractivity contribution is 0.0588. The Balaban J connectivity index is 2.34. The summed E-state index contributed by atoms with van der Waals surface area (Å²) in [5, 5.41) is 0. The van der Waals surface area contributed by atoms with E-state index >= 15 is 0 Å². The molecule has 0 saturated carbocycles. The van der Waals surface area contributed by atoms with Crippen LogP contribution in [0.15, 0.2) is 36.4 Å². The first-order valence-corrected chi connectivity index (χ1v) is 6.17. The number of carbonyl (C=O) groups is 1. The van der Waals surface area contributed by atoms with Gasteiger partial charge in [-0.25, -0.2) is 9.18 Å². The molecule has 3 nitrogen and oxygen atoms in total. The molecule has 0 atom stereocenters. The molecule has 0 spiro atoms. The van der Waals surface area contributed by atoms with Crippen LogP contribution >= 0.6 is 0 Å². The average Bonchev–Trinajstić information content (AvgIpc) is 2.83. The fourth-order valence-corrected chi connectivity index (χ4v) is 2.06. The number of hydrogen-bond donors (Lipinski definition) is 0. The summed E-state index contributed by atoms with van der Waals surface area (Å²) in [6.45, 7) is 2.55. The Bertz CT molecular complexity index is 572. The molecule has 19 heavy (non-hydrogen) atoms. The quantitative estimate of drug-likeness (QED) is 0.792. The molecule has 1 aromatic heterocycles. The number of methoxy groups -OCH3 is 1. The van der Waals surface area contributed by atoms with Crippen molar-refractivity contribution in [2.75, 3.05) is 7.11 Å². The number of aromatic nitrogens is 1. The van der Waals surface area contributed by atoms with Gasteiger partial charge in [0, 0.05) is 12.2 Å². The summed E-state index contributed by atoms with van der Waals surface area (Å²) in [6, 6.07) is 9.94. The third-order valence-corrected chi connectivity index (χ3v) is 3.08. The number of hydrogen-bond acceptors (Lipinski definition) is 2. The fourth-order valence-electron chi connectivity index (χ4n) is 2.06. The maximum absolute atomic E-state index is 12.9. The Kier molecular flexibility index (Phi) is 4.00. The molecule has 2 rings (SSSR count). The van der Waals surface area contributed by atoms with Gasteiger partial charge in [-0.05, 0) is 36.2 Å². The maximum Gasteiger partial charge on any atom is 0.354 e. The number of nitrogens with zero attached hydrogens (tertiary/aromatic N) is 1. The highest BCUT2D eigenvalue weighted by atomic mass is 19.1. The normalized spacial score (nSPS) is 10.5. The van der Waals surface area contributed by atoms with Gasteiger partial charge in [-0.3, -0.25) is 0 Å². The van der Waals surface area contributed by atoms with Crippen molar-refractivity contribution in [2.24, 2.45) is 0 Å². The van der Waals surface area contributed by atoms with Gasteiger partial charge in [0.1, 0.15) is 11.5 Å². The van der Waals surface area contributed by atoms with Gasteiger partial charge in [0.05, 0.1) is 7.11 Å². The monoisotopic (exact) mass is 261 g/mol. The van der Waals surface area contributed by atoms with E-state index in [1.807, 2.05) is 17.6 Å². The number of benzene rings is 1. The summed E-state index contributed by atoms with van der Waals surface area (Å²) in [5.74, 6) is -0.623. The second kappa shape index (κ2) is 5.69. The molecule has 100 valence electrons. The summed E-state index contributed by atoms with van der Waals surface area (Å²) in [4.78, 5) is 11.7. The van der Waals surface area contributed by atoms with Gasteiger partial charge in [0.2, 0.25) is 0 Å². The van der Waals surface area contributed by atoms with E-state index in [1.165, 1.54) is 19.2 Å². The van der Waals surface area contributed by atoms with Crippen LogP contribution in [0.3, 0.4) is 0 Å². The first-order chi connectivity index (χ1) is 9.15. The molecule has 0 fully saturated rings. The summed E-state index contributed by atoms with van der Waals surface area (Å²) in [6.07, 6.45) is 0.818. The number of ether oxygens (including phenoxy) is 1. The van der Waals surface area contributed by atoms with Gasteiger partial charge in [0.25, 0.3) is 0 Å². The molecule has 0 unspecified atom stereocenters. The summed E-state index contributed by atoms with van der Waals surface area (Å²) in [7, 11) is 1.36. The zero-order chi connectivity index (χ0) is 13.8. The Labute approximate surface area is 111 Å². The minimum atomic E-state index is -0.359. The van der Waals surface area contributed by atoms with E-state index in [0.717, 1.165) is 17.7 Å². The minimum absolute atomic E-state index is 0.264. The van der Waals surface area contributed by atoms with Crippen molar-refractivity contribution in [3.8, 4) is 0 Å². The van der Waals surface area contributed by atoms with Crippen molar-refractivity contribution in [2.45, 2.75) is 19.9 Å². The molecule has 0 bridgehead atoms. The second-order valence-corrected chi connectivity index (χ2v) is 4.27. The molecule has 0 N–H and O–H groups in total. The second-order valence-electron chi connectivity index (χ2n) is 4.27. The molecular weight excluding hydrogens is 245 g/mol. The fraction of sp³-hybridized carbons (Fsp3) is 0.267. The Morgan fingerprint density at radius 1 is 1.21 bits per heavy atom. The molecule has 2 aromatic rings. The van der Waals surface area contributed by atoms with Crippen LogP contribution in [0.5, 0.6) is 0 Å². The molecular formula is C15H16FNO2. The van der Waals surface area contributed by atoms with E-state index in [4.69, 9.17) is 4.74 Å². The number of aryl methyl sites for hydroxylation is 1. The topological polar surface area (TPSA) is 31.2 Å². The number of halogens is 1. The Morgan fingerprint density at radius 2 is 1.89 bits per heavy atom. The molecule has 0 aliphatic heterocycles. The van der Waals surface area contributed by atoms with E-state index in [9.17, 15) is 9.18 Å². The van der Waals surface area contributed by atoms with Gasteiger partial charge in [0.15, 0.2) is 0 Å². The standard InChI is InChI=1S/C15H16FNO2/c1-3-13-8-9-14(15(18)19-2)17(13)10-11-4-6-12(16)7-5-11/h4-9H,3,10H2,1-2H3. The SMILES string of the molecule is CCc1ccc(C(=O)OC)n1Cc1ccc(F)cc1. The molecule has 0 amide bonds. The molecule has 1 heterocycles. The molecule has 0 radical (unpaired) electrons. The third kappa shape index (κ3) is 2.84. The number of carbonyl (C=O) groups excluding carboxylic acids is 1. The minimum Gasteiger partial charge on any atom is -0.464 e. The van der Waals surface area contributed by atoms with E-state index in [1.54, 1.807) is 18.2 Å². The van der Waals surface area contributed by atoms with E-state index in [2.05, 4.69) is 0 Å². The van der Waals surface area contributed by atoms with Crippen molar-refractivity contribution >= 4 is 5.97 Å². The average molecular weight is 261 g/mol. The largest absolute Gasteiger partial charge is 0.464 e. The van der Waals surface area contributed by atoms with Crippen molar-refractivity contribution in [3.05, 3.63) is 59.2 Å². The molecule has 1 aromatic carbocycles. The van der Waals surface area contributed by atoms with Crippen molar-refractivity contribution in [1.82, 2.24) is 4.57 Å². The molecule has 0 saturated heterocycles. The smallest absolute Gasteiger partial charge is 0.354 e. The van der Waals surface area contributed by atoms with E-state index in [0.29, 0.717) is 12.2 Å². The van der Waals surface area contributed by atoms with Crippen LogP contribution in [-0.2, 0) is 17.7 Å². The van der Waals surface area contributed by atoms with Crippen LogP contribution in [-0.4, -0.2) is 17.6 Å². The highest BCUT2D eigenvalue weighted by Crippen LogP contribution is 2.15. The first kappa shape index (κ1) is 13.3. The number of rotatable bonds is 4. The van der Waals surface area contributed by atoms with Crippen LogP contribution in [0.4, 0.5) is 4.39 Å². The van der Waals surface area contributed by atoms with Crippen LogP contribution in [0.25, 0.3) is 0 Å². The van der Waals surface area contributed by atoms with Crippen LogP contribution in [0.2, 0.25) is 0 Å². The molecule has 0 aliphatic rings. The zero-order valence-electron chi connectivity index (χ0n) is 11.0. The number of esters is 1. The summed E-state index contributed by atoms with van der Waals surface area (Å²) >= 11 is 0. The lowest BCUT2D eigenvalue weighted by atomic mass is 10.2. The van der Waals surface area contributed by atoms with Gasteiger partial charge in [-0.1, -0.05) is 19.1 Å². The predicted molar refractivity (Wildman–Crippen MR) is 70.7 cm³/mol. The van der Waals surface area contributed by atoms with Crippen LogP contribution < -0.4 is 0 Å². The van der Waals surface area contributed by atoms with E-state index in [-0.39, 0.29) is 11.8 Å². The third-order valence-electron chi connectivity index (χ3n) is 3.08. The van der Waals surface area contributed by atoms with Gasteiger partial charge >= 0.3 is 5.97 Å². The lowest BCUT2D eigenvalue weighted by Gasteiger charge is -2.11. The van der Waals surface area contributed by atoms with Crippen molar-refractivity contribution < 1.29 is 13.9 Å². The summed E-state index contributed by atoms with van der Waals surface area (Å²) in [5.41, 5.74) is 2.51. The van der Waals surface area contributed by atoms with Gasteiger partial charge < -0.3 is 9.30 Å². The van der Waals surface area contributed by atoms with Crippen LogP contribution in [0.1, 0.15) is 28.7 Å². The van der Waals surface area contributed by atoms with Crippen LogP contribution in [0, 0.1) is 5.82 Å². The van der Waals surface area contributed by atoms with Crippen molar-refractivity contribution in [1.29, 1.82) is 0 Å². The van der Waals surface area contributed by atoms with Gasteiger partial charge in [-0.2, -0.15) is 0 Å². The van der Waals surface area contributed by atoms with Gasteiger partial charge in [-0.15, -0.1) is 0 Å². The molecule has 4 heteroatoms.